The van der Waals surface area contributed by atoms with E-state index in [4.69, 9.17) is 10.5 Å². The second-order valence-corrected chi connectivity index (χ2v) is 4.69. The van der Waals surface area contributed by atoms with E-state index in [0.29, 0.717) is 12.3 Å². The molecule has 16 heavy (non-hydrogen) atoms. The van der Waals surface area contributed by atoms with Gasteiger partial charge in [0.25, 0.3) is 0 Å². The zero-order chi connectivity index (χ0) is 12.0. The van der Waals surface area contributed by atoms with Gasteiger partial charge in [0.15, 0.2) is 0 Å². The molecule has 1 saturated heterocycles. The predicted octanol–water partition coefficient (Wildman–Crippen LogP) is 0.999. The Kier molecular flexibility index (Phi) is 5.77. The normalized spacial score (nSPS) is 23.2. The lowest BCUT2D eigenvalue weighted by Crippen LogP contribution is -2.42. The van der Waals surface area contributed by atoms with Gasteiger partial charge in [-0.25, -0.2) is 0 Å². The lowest BCUT2D eigenvalue weighted by molar-refractivity contribution is -0.133. The van der Waals surface area contributed by atoms with E-state index in [1.54, 1.807) is 0 Å². The van der Waals surface area contributed by atoms with Crippen LogP contribution >= 0.6 is 0 Å². The number of nitrogens with zero attached hydrogens (tertiary/aromatic N) is 1. The monoisotopic (exact) mass is 228 g/mol. The lowest BCUT2D eigenvalue weighted by atomic mass is 9.98. The fourth-order valence-corrected chi connectivity index (χ4v) is 2.12. The van der Waals surface area contributed by atoms with E-state index in [-0.39, 0.29) is 11.9 Å². The third kappa shape index (κ3) is 4.49. The van der Waals surface area contributed by atoms with Crippen molar-refractivity contribution in [2.45, 2.75) is 39.2 Å². The van der Waals surface area contributed by atoms with Crippen LogP contribution in [0.5, 0.6) is 0 Å². The predicted molar refractivity (Wildman–Crippen MR) is 64.1 cm³/mol. The summed E-state index contributed by atoms with van der Waals surface area (Å²) in [6, 6.07) is -0.0419. The van der Waals surface area contributed by atoms with E-state index in [9.17, 15) is 4.79 Å². The number of carbonyl (C=O) groups excluding carboxylic acids is 1. The van der Waals surface area contributed by atoms with Gasteiger partial charge in [-0.1, -0.05) is 0 Å². The highest BCUT2D eigenvalue weighted by Gasteiger charge is 2.23. The van der Waals surface area contributed by atoms with E-state index in [0.717, 1.165) is 32.7 Å². The van der Waals surface area contributed by atoms with Crippen LogP contribution in [-0.4, -0.2) is 43.2 Å². The van der Waals surface area contributed by atoms with Gasteiger partial charge in [0.1, 0.15) is 0 Å². The van der Waals surface area contributed by atoms with Crippen LogP contribution in [-0.2, 0) is 9.53 Å². The summed E-state index contributed by atoms with van der Waals surface area (Å²) in [5.41, 5.74) is 5.64. The summed E-state index contributed by atoms with van der Waals surface area (Å²) >= 11 is 0. The summed E-state index contributed by atoms with van der Waals surface area (Å²) in [5, 5.41) is 0. The number of likely N-dealkylation sites (tertiary alicyclic amines) is 1. The summed E-state index contributed by atoms with van der Waals surface area (Å²) in [5.74, 6) is 0.696. The Morgan fingerprint density at radius 3 is 3.00 bits per heavy atom. The van der Waals surface area contributed by atoms with Crippen LogP contribution < -0.4 is 5.73 Å². The maximum Gasteiger partial charge on any atom is 0.224 e. The third-order valence-electron chi connectivity index (χ3n) is 2.93. The molecule has 0 aromatic heterocycles. The highest BCUT2D eigenvalue weighted by molar-refractivity contribution is 5.76. The Morgan fingerprint density at radius 2 is 2.38 bits per heavy atom. The molecular formula is C12H24N2O2. The lowest BCUT2D eigenvalue weighted by Gasteiger charge is -2.33. The maximum atomic E-state index is 11.8. The van der Waals surface area contributed by atoms with Crippen LogP contribution in [0.1, 0.15) is 33.1 Å². The van der Waals surface area contributed by atoms with Crippen LogP contribution in [0.4, 0.5) is 0 Å². The standard InChI is InChI=1S/C12H24N2O2/c1-3-16-9-11-5-4-6-14(8-11)12(15)7-10(2)13/h10-11H,3-9,13H2,1-2H3. The van der Waals surface area contributed by atoms with Crippen LogP contribution in [0.3, 0.4) is 0 Å². The minimum atomic E-state index is -0.0419. The molecule has 2 N–H and O–H groups in total. The number of piperidine rings is 1. The third-order valence-corrected chi connectivity index (χ3v) is 2.93. The molecule has 0 saturated carbocycles. The fourth-order valence-electron chi connectivity index (χ4n) is 2.12. The number of hydrogen-bond acceptors (Lipinski definition) is 3. The fraction of sp³-hybridized carbons (Fsp3) is 0.917. The summed E-state index contributed by atoms with van der Waals surface area (Å²) < 4.78 is 5.42. The molecule has 0 spiro atoms. The van der Waals surface area contributed by atoms with Gasteiger partial charge in [0.2, 0.25) is 5.91 Å². The number of rotatable bonds is 5. The van der Waals surface area contributed by atoms with Crippen molar-refractivity contribution in [1.29, 1.82) is 0 Å². The van der Waals surface area contributed by atoms with Crippen molar-refractivity contribution < 1.29 is 9.53 Å². The molecule has 4 nitrogen and oxygen atoms in total. The molecule has 0 aromatic rings. The van der Waals surface area contributed by atoms with Gasteiger partial charge in [0.05, 0.1) is 6.61 Å². The zero-order valence-corrected chi connectivity index (χ0v) is 10.4. The first-order valence-electron chi connectivity index (χ1n) is 6.24. The number of hydrogen-bond donors (Lipinski definition) is 1. The quantitative estimate of drug-likeness (QED) is 0.763. The van der Waals surface area contributed by atoms with Crippen molar-refractivity contribution in [2.75, 3.05) is 26.3 Å². The molecular weight excluding hydrogens is 204 g/mol. The average molecular weight is 228 g/mol. The molecule has 2 atom stereocenters. The minimum Gasteiger partial charge on any atom is -0.381 e. The largest absolute Gasteiger partial charge is 0.381 e. The Balaban J connectivity index is 2.34. The molecule has 1 heterocycles. The molecule has 94 valence electrons. The minimum absolute atomic E-state index is 0.0419. The Hall–Kier alpha value is -0.610. The molecule has 0 aromatic carbocycles. The van der Waals surface area contributed by atoms with Crippen molar-refractivity contribution in [2.24, 2.45) is 11.7 Å². The Labute approximate surface area is 98.1 Å². The molecule has 1 aliphatic rings. The first kappa shape index (κ1) is 13.5. The molecule has 0 bridgehead atoms. The van der Waals surface area contributed by atoms with E-state index < -0.39 is 0 Å². The molecule has 4 heteroatoms. The van der Waals surface area contributed by atoms with E-state index in [2.05, 4.69) is 0 Å². The van der Waals surface area contributed by atoms with Gasteiger partial charge >= 0.3 is 0 Å². The van der Waals surface area contributed by atoms with Crippen molar-refractivity contribution >= 4 is 5.91 Å². The first-order chi connectivity index (χ1) is 7.63. The van der Waals surface area contributed by atoms with Crippen LogP contribution in [0.25, 0.3) is 0 Å². The van der Waals surface area contributed by atoms with Gasteiger partial charge in [-0.05, 0) is 32.6 Å². The summed E-state index contributed by atoms with van der Waals surface area (Å²) in [4.78, 5) is 13.8. The van der Waals surface area contributed by atoms with E-state index in [1.807, 2.05) is 18.7 Å². The summed E-state index contributed by atoms with van der Waals surface area (Å²) in [7, 11) is 0. The van der Waals surface area contributed by atoms with Crippen LogP contribution in [0, 0.1) is 5.92 Å². The van der Waals surface area contributed by atoms with Gasteiger partial charge in [-0.3, -0.25) is 4.79 Å². The highest BCUT2D eigenvalue weighted by Crippen LogP contribution is 2.17. The van der Waals surface area contributed by atoms with E-state index in [1.165, 1.54) is 6.42 Å². The van der Waals surface area contributed by atoms with Crippen molar-refractivity contribution in [1.82, 2.24) is 4.90 Å². The maximum absolute atomic E-state index is 11.8. The Bertz CT molecular complexity index is 219. The van der Waals surface area contributed by atoms with Gasteiger partial charge in [-0.2, -0.15) is 0 Å². The second-order valence-electron chi connectivity index (χ2n) is 4.69. The summed E-state index contributed by atoms with van der Waals surface area (Å²) in [6.45, 7) is 7.13. The van der Waals surface area contributed by atoms with Crippen molar-refractivity contribution in [3.63, 3.8) is 0 Å². The zero-order valence-electron chi connectivity index (χ0n) is 10.4. The average Bonchev–Trinajstić information content (AvgIpc) is 2.26. The molecule has 1 rings (SSSR count). The van der Waals surface area contributed by atoms with Crippen LogP contribution in [0.2, 0.25) is 0 Å². The molecule has 2 unspecified atom stereocenters. The molecule has 1 amide bonds. The highest BCUT2D eigenvalue weighted by atomic mass is 16.5. The van der Waals surface area contributed by atoms with Gasteiger partial charge in [-0.15, -0.1) is 0 Å². The summed E-state index contributed by atoms with van der Waals surface area (Å²) in [6.07, 6.45) is 2.71. The van der Waals surface area contributed by atoms with Gasteiger partial charge < -0.3 is 15.4 Å². The SMILES string of the molecule is CCOCC1CCCN(C(=O)CC(C)N)C1. The van der Waals surface area contributed by atoms with Gasteiger partial charge in [0, 0.05) is 32.2 Å². The number of carbonyl (C=O) groups is 1. The van der Waals surface area contributed by atoms with Crippen LogP contribution in [0.15, 0.2) is 0 Å². The molecule has 0 aliphatic carbocycles. The Morgan fingerprint density at radius 1 is 1.62 bits per heavy atom. The van der Waals surface area contributed by atoms with E-state index >= 15 is 0 Å². The van der Waals surface area contributed by atoms with Crippen molar-refractivity contribution in [3.8, 4) is 0 Å². The first-order valence-corrected chi connectivity index (χ1v) is 6.24. The smallest absolute Gasteiger partial charge is 0.224 e. The molecule has 1 aliphatic heterocycles. The molecule has 1 fully saturated rings. The second kappa shape index (κ2) is 6.86. The topological polar surface area (TPSA) is 55.6 Å². The number of nitrogens with two attached hydrogens (primary N) is 1. The number of ether oxygens (including phenoxy) is 1. The molecule has 0 radical (unpaired) electrons. The van der Waals surface area contributed by atoms with Crippen molar-refractivity contribution in [3.05, 3.63) is 0 Å². The number of amides is 1.